The van der Waals surface area contributed by atoms with Gasteiger partial charge in [0.05, 0.1) is 11.6 Å². The Kier molecular flexibility index (Phi) is 3.63. The second-order valence-corrected chi connectivity index (χ2v) is 5.84. The van der Waals surface area contributed by atoms with E-state index in [0.717, 1.165) is 48.2 Å². The van der Waals surface area contributed by atoms with E-state index >= 15 is 0 Å². The lowest BCUT2D eigenvalue weighted by molar-refractivity contribution is 0.145. The molecule has 1 aromatic carbocycles. The van der Waals surface area contributed by atoms with Crippen molar-refractivity contribution in [1.82, 2.24) is 15.0 Å². The molecule has 1 saturated heterocycles. The van der Waals surface area contributed by atoms with Crippen LogP contribution in [0.15, 0.2) is 48.8 Å². The molecule has 0 atom stereocenters. The van der Waals surface area contributed by atoms with Crippen molar-refractivity contribution < 1.29 is 5.11 Å². The maximum absolute atomic E-state index is 9.75. The fourth-order valence-electron chi connectivity index (χ4n) is 3.01. The van der Waals surface area contributed by atoms with E-state index in [-0.39, 0.29) is 6.10 Å². The Morgan fingerprint density at radius 1 is 0.957 bits per heavy atom. The Hall–Kier alpha value is -2.53. The zero-order valence-electron chi connectivity index (χ0n) is 12.8. The standard InChI is InChI=1S/C18H18N4O/c23-14-7-11-22(12-8-14)18-15-3-1-2-4-16(15)20-17(21-18)13-5-9-19-10-6-13/h1-6,9-10,14,23H,7-8,11-12H2. The number of hydrogen-bond donors (Lipinski definition) is 1. The van der Waals surface area contributed by atoms with Crippen LogP contribution < -0.4 is 4.90 Å². The highest BCUT2D eigenvalue weighted by atomic mass is 16.3. The van der Waals surface area contributed by atoms with Gasteiger partial charge in [0.1, 0.15) is 5.82 Å². The topological polar surface area (TPSA) is 62.1 Å². The van der Waals surface area contributed by atoms with Gasteiger partial charge in [-0.2, -0.15) is 0 Å². The van der Waals surface area contributed by atoms with Crippen LogP contribution in [0.25, 0.3) is 22.3 Å². The van der Waals surface area contributed by atoms with Crippen LogP contribution in [0.5, 0.6) is 0 Å². The van der Waals surface area contributed by atoms with Crippen LogP contribution in [0.3, 0.4) is 0 Å². The molecule has 5 nitrogen and oxygen atoms in total. The number of fused-ring (bicyclic) bond motifs is 1. The molecule has 4 rings (SSSR count). The maximum atomic E-state index is 9.75. The summed E-state index contributed by atoms with van der Waals surface area (Å²) in [5.41, 5.74) is 1.90. The van der Waals surface area contributed by atoms with Gasteiger partial charge in [-0.05, 0) is 37.1 Å². The van der Waals surface area contributed by atoms with Crippen molar-refractivity contribution in [2.24, 2.45) is 0 Å². The van der Waals surface area contributed by atoms with Crippen molar-refractivity contribution in [1.29, 1.82) is 0 Å². The van der Waals surface area contributed by atoms with Gasteiger partial charge in [0, 0.05) is 36.4 Å². The summed E-state index contributed by atoms with van der Waals surface area (Å²) in [5.74, 6) is 1.67. The van der Waals surface area contributed by atoms with Gasteiger partial charge in [0.25, 0.3) is 0 Å². The lowest BCUT2D eigenvalue weighted by Gasteiger charge is -2.31. The Balaban J connectivity index is 1.84. The summed E-state index contributed by atoms with van der Waals surface area (Å²) >= 11 is 0. The smallest absolute Gasteiger partial charge is 0.162 e. The fraction of sp³-hybridized carbons (Fsp3) is 0.278. The van der Waals surface area contributed by atoms with Crippen LogP contribution in [0.1, 0.15) is 12.8 Å². The number of para-hydroxylation sites is 1. The number of rotatable bonds is 2. The highest BCUT2D eigenvalue weighted by Crippen LogP contribution is 2.29. The van der Waals surface area contributed by atoms with E-state index in [1.165, 1.54) is 0 Å². The van der Waals surface area contributed by atoms with Crippen LogP contribution in [0.2, 0.25) is 0 Å². The van der Waals surface area contributed by atoms with E-state index in [2.05, 4.69) is 16.0 Å². The normalized spacial score (nSPS) is 16.0. The minimum Gasteiger partial charge on any atom is -0.393 e. The van der Waals surface area contributed by atoms with E-state index in [1.54, 1.807) is 12.4 Å². The Labute approximate surface area is 134 Å². The molecule has 0 bridgehead atoms. The molecule has 1 aliphatic rings. The van der Waals surface area contributed by atoms with E-state index in [9.17, 15) is 5.11 Å². The summed E-state index contributed by atoms with van der Waals surface area (Å²) in [5, 5.41) is 10.8. The predicted molar refractivity (Wildman–Crippen MR) is 90.2 cm³/mol. The molecule has 0 spiro atoms. The van der Waals surface area contributed by atoms with Gasteiger partial charge in [0.15, 0.2) is 5.82 Å². The molecule has 0 aliphatic carbocycles. The summed E-state index contributed by atoms with van der Waals surface area (Å²) in [6.07, 6.45) is 4.88. The molecule has 0 radical (unpaired) electrons. The van der Waals surface area contributed by atoms with Crippen molar-refractivity contribution in [3.63, 3.8) is 0 Å². The largest absolute Gasteiger partial charge is 0.393 e. The third-order valence-electron chi connectivity index (χ3n) is 4.29. The van der Waals surface area contributed by atoms with Gasteiger partial charge < -0.3 is 10.0 Å². The summed E-state index contributed by atoms with van der Waals surface area (Å²) in [4.78, 5) is 15.8. The van der Waals surface area contributed by atoms with Crippen LogP contribution in [0, 0.1) is 0 Å². The summed E-state index contributed by atoms with van der Waals surface area (Å²) in [6, 6.07) is 11.9. The van der Waals surface area contributed by atoms with Crippen LogP contribution in [-0.4, -0.2) is 39.3 Å². The molecular weight excluding hydrogens is 288 g/mol. The minimum atomic E-state index is -0.195. The quantitative estimate of drug-likeness (QED) is 0.788. The number of piperidine rings is 1. The Morgan fingerprint density at radius 2 is 1.70 bits per heavy atom. The lowest BCUT2D eigenvalue weighted by atomic mass is 10.1. The van der Waals surface area contributed by atoms with Crippen LogP contribution in [0.4, 0.5) is 5.82 Å². The Bertz CT molecular complexity index is 814. The second-order valence-electron chi connectivity index (χ2n) is 5.84. The SMILES string of the molecule is OC1CCN(c2nc(-c3ccncc3)nc3ccccc23)CC1. The number of anilines is 1. The monoisotopic (exact) mass is 306 g/mol. The first-order valence-corrected chi connectivity index (χ1v) is 7.91. The molecule has 2 aromatic heterocycles. The molecule has 0 amide bonds. The molecule has 1 fully saturated rings. The van der Waals surface area contributed by atoms with Crippen molar-refractivity contribution in [3.05, 3.63) is 48.8 Å². The summed E-state index contributed by atoms with van der Waals surface area (Å²) in [7, 11) is 0. The molecule has 0 unspecified atom stereocenters. The third-order valence-corrected chi connectivity index (χ3v) is 4.29. The average Bonchev–Trinajstić information content (AvgIpc) is 2.62. The number of aromatic nitrogens is 3. The molecule has 0 saturated carbocycles. The summed E-state index contributed by atoms with van der Waals surface area (Å²) < 4.78 is 0. The molecule has 1 aliphatic heterocycles. The third kappa shape index (κ3) is 2.75. The first-order chi connectivity index (χ1) is 11.3. The van der Waals surface area contributed by atoms with Gasteiger partial charge in [-0.15, -0.1) is 0 Å². The van der Waals surface area contributed by atoms with Crippen molar-refractivity contribution in [3.8, 4) is 11.4 Å². The second kappa shape index (κ2) is 5.93. The van der Waals surface area contributed by atoms with Gasteiger partial charge in [0.2, 0.25) is 0 Å². The van der Waals surface area contributed by atoms with E-state index < -0.39 is 0 Å². The van der Waals surface area contributed by atoms with E-state index in [4.69, 9.17) is 9.97 Å². The van der Waals surface area contributed by atoms with E-state index in [0.29, 0.717) is 5.82 Å². The predicted octanol–water partition coefficient (Wildman–Crippen LogP) is 2.65. The lowest BCUT2D eigenvalue weighted by Crippen LogP contribution is -2.36. The van der Waals surface area contributed by atoms with Gasteiger partial charge in [-0.25, -0.2) is 9.97 Å². The van der Waals surface area contributed by atoms with Gasteiger partial charge >= 0.3 is 0 Å². The molecule has 1 N–H and O–H groups in total. The number of nitrogens with zero attached hydrogens (tertiary/aromatic N) is 4. The molecular formula is C18H18N4O. The first kappa shape index (κ1) is 14.1. The Morgan fingerprint density at radius 3 is 2.48 bits per heavy atom. The van der Waals surface area contributed by atoms with Crippen molar-refractivity contribution >= 4 is 16.7 Å². The van der Waals surface area contributed by atoms with E-state index in [1.807, 2.05) is 30.3 Å². The number of hydrogen-bond acceptors (Lipinski definition) is 5. The highest BCUT2D eigenvalue weighted by molar-refractivity contribution is 5.91. The van der Waals surface area contributed by atoms with Crippen molar-refractivity contribution in [2.45, 2.75) is 18.9 Å². The number of pyridine rings is 1. The summed E-state index contributed by atoms with van der Waals surface area (Å²) in [6.45, 7) is 1.63. The average molecular weight is 306 g/mol. The van der Waals surface area contributed by atoms with Gasteiger partial charge in [-0.1, -0.05) is 12.1 Å². The molecule has 3 aromatic rings. The maximum Gasteiger partial charge on any atom is 0.162 e. The number of aliphatic hydroxyl groups is 1. The van der Waals surface area contributed by atoms with Crippen molar-refractivity contribution in [2.75, 3.05) is 18.0 Å². The number of benzene rings is 1. The zero-order chi connectivity index (χ0) is 15.6. The molecule has 3 heterocycles. The fourth-order valence-corrected chi connectivity index (χ4v) is 3.01. The number of aliphatic hydroxyl groups excluding tert-OH is 1. The molecule has 23 heavy (non-hydrogen) atoms. The van der Waals surface area contributed by atoms with Crippen LogP contribution in [-0.2, 0) is 0 Å². The molecule has 116 valence electrons. The minimum absolute atomic E-state index is 0.195. The van der Waals surface area contributed by atoms with Crippen LogP contribution >= 0.6 is 0 Å². The van der Waals surface area contributed by atoms with Gasteiger partial charge in [-0.3, -0.25) is 4.98 Å². The zero-order valence-corrected chi connectivity index (χ0v) is 12.8. The molecule has 5 heteroatoms. The first-order valence-electron chi connectivity index (χ1n) is 7.91. The highest BCUT2D eigenvalue weighted by Gasteiger charge is 2.21.